The number of rotatable bonds is 8. The van der Waals surface area contributed by atoms with Gasteiger partial charge in [-0.2, -0.15) is 0 Å². The lowest BCUT2D eigenvalue weighted by Crippen LogP contribution is -2.18. The van der Waals surface area contributed by atoms with Crippen LogP contribution in [0.3, 0.4) is 0 Å². The first kappa shape index (κ1) is 23.3. The number of hydrogen-bond donors (Lipinski definition) is 2. The van der Waals surface area contributed by atoms with E-state index in [4.69, 9.17) is 9.47 Å². The van der Waals surface area contributed by atoms with Gasteiger partial charge in [-0.25, -0.2) is 4.98 Å². The van der Waals surface area contributed by atoms with Crippen LogP contribution in [-0.2, 0) is 0 Å². The smallest absolute Gasteiger partial charge is 0.256 e. The summed E-state index contributed by atoms with van der Waals surface area (Å²) in [5, 5.41) is 7.49. The summed E-state index contributed by atoms with van der Waals surface area (Å²) in [7, 11) is 3.24. The molecule has 0 aliphatic rings. The van der Waals surface area contributed by atoms with Gasteiger partial charge in [0.15, 0.2) is 11.5 Å². The molecule has 0 aliphatic heterocycles. The molecule has 0 radical (unpaired) electrons. The van der Waals surface area contributed by atoms with Crippen molar-refractivity contribution in [3.05, 3.63) is 100 Å². The van der Waals surface area contributed by atoms with E-state index >= 15 is 0 Å². The molecule has 1 amide bonds. The van der Waals surface area contributed by atoms with E-state index in [2.05, 4.69) is 29.5 Å². The van der Waals surface area contributed by atoms with Gasteiger partial charge in [-0.05, 0) is 61.4 Å². The van der Waals surface area contributed by atoms with Crippen molar-refractivity contribution in [3.8, 4) is 11.5 Å². The van der Waals surface area contributed by atoms with Gasteiger partial charge < -0.3 is 20.1 Å². The highest BCUT2D eigenvalue weighted by Gasteiger charge is 2.26. The standard InChI is InChI=1S/C27H27N3O3S/c1-17-18(2)34-27(30-26(31)19-10-6-5-7-11-19)24(17)25(29-23-12-8-9-15-28-23)20-13-14-21(32-3)22(16-20)33-4/h5-16,25H,1-4H3,(H,28,29)(H,30,31)/t25-/m0/s1. The van der Waals surface area contributed by atoms with Gasteiger partial charge in [-0.1, -0.05) is 30.3 Å². The Morgan fingerprint density at radius 2 is 1.68 bits per heavy atom. The Morgan fingerprint density at radius 3 is 2.35 bits per heavy atom. The fourth-order valence-corrected chi connectivity index (χ4v) is 4.89. The summed E-state index contributed by atoms with van der Waals surface area (Å²) in [6.45, 7) is 4.14. The average molecular weight is 474 g/mol. The van der Waals surface area contributed by atoms with Crippen molar-refractivity contribution in [3.63, 3.8) is 0 Å². The number of benzene rings is 2. The summed E-state index contributed by atoms with van der Waals surface area (Å²) in [5.41, 5.74) is 3.66. The number of amides is 1. The summed E-state index contributed by atoms with van der Waals surface area (Å²) < 4.78 is 11.0. The zero-order valence-corrected chi connectivity index (χ0v) is 20.4. The predicted octanol–water partition coefficient (Wildman–Crippen LogP) is 6.23. The van der Waals surface area contributed by atoms with Gasteiger partial charge in [0.25, 0.3) is 5.91 Å². The fourth-order valence-electron chi connectivity index (χ4n) is 3.80. The van der Waals surface area contributed by atoms with Gasteiger partial charge in [0.05, 0.1) is 20.3 Å². The maximum absolute atomic E-state index is 13.0. The van der Waals surface area contributed by atoms with Gasteiger partial charge in [0.2, 0.25) is 0 Å². The normalized spacial score (nSPS) is 11.5. The Hall–Kier alpha value is -3.84. The second-order valence-electron chi connectivity index (χ2n) is 7.75. The number of hydrogen-bond acceptors (Lipinski definition) is 6. The van der Waals surface area contributed by atoms with Crippen LogP contribution in [0, 0.1) is 13.8 Å². The van der Waals surface area contributed by atoms with E-state index in [0.29, 0.717) is 17.1 Å². The van der Waals surface area contributed by atoms with E-state index in [-0.39, 0.29) is 11.9 Å². The number of aromatic nitrogens is 1. The van der Waals surface area contributed by atoms with Crippen LogP contribution >= 0.6 is 11.3 Å². The van der Waals surface area contributed by atoms with Crippen LogP contribution < -0.4 is 20.1 Å². The second-order valence-corrected chi connectivity index (χ2v) is 8.98. The van der Waals surface area contributed by atoms with Crippen LogP contribution in [0.25, 0.3) is 0 Å². The van der Waals surface area contributed by atoms with Crippen molar-refractivity contribution in [2.24, 2.45) is 0 Å². The third-order valence-electron chi connectivity index (χ3n) is 5.68. The van der Waals surface area contributed by atoms with Crippen molar-refractivity contribution in [2.45, 2.75) is 19.9 Å². The number of ether oxygens (including phenoxy) is 2. The zero-order valence-electron chi connectivity index (χ0n) is 19.6. The fraction of sp³-hybridized carbons (Fsp3) is 0.185. The molecule has 174 valence electrons. The summed E-state index contributed by atoms with van der Waals surface area (Å²) >= 11 is 1.57. The number of anilines is 2. The lowest BCUT2D eigenvalue weighted by Gasteiger charge is -2.23. The number of nitrogens with one attached hydrogen (secondary N) is 2. The molecule has 4 rings (SSSR count). The summed E-state index contributed by atoms with van der Waals surface area (Å²) in [5.74, 6) is 1.86. The van der Waals surface area contributed by atoms with Crippen LogP contribution in [0.4, 0.5) is 10.8 Å². The van der Waals surface area contributed by atoms with Gasteiger partial charge in [-0.15, -0.1) is 11.3 Å². The first-order chi connectivity index (χ1) is 16.5. The van der Waals surface area contributed by atoms with E-state index in [9.17, 15) is 4.79 Å². The van der Waals surface area contributed by atoms with Crippen LogP contribution in [0.15, 0.2) is 72.9 Å². The lowest BCUT2D eigenvalue weighted by atomic mass is 9.96. The molecule has 2 aromatic heterocycles. The van der Waals surface area contributed by atoms with E-state index < -0.39 is 0 Å². The van der Waals surface area contributed by atoms with E-state index in [1.807, 2.05) is 54.6 Å². The molecule has 1 atom stereocenters. The van der Waals surface area contributed by atoms with Crippen LogP contribution in [-0.4, -0.2) is 25.1 Å². The minimum Gasteiger partial charge on any atom is -0.493 e. The summed E-state index contributed by atoms with van der Waals surface area (Å²) in [6, 6.07) is 20.5. The van der Waals surface area contributed by atoms with Crippen molar-refractivity contribution >= 4 is 28.1 Å². The second kappa shape index (κ2) is 10.4. The molecular weight excluding hydrogens is 446 g/mol. The maximum Gasteiger partial charge on any atom is 0.256 e. The Bertz CT molecular complexity index is 1270. The van der Waals surface area contributed by atoms with Gasteiger partial charge in [0, 0.05) is 22.2 Å². The topological polar surface area (TPSA) is 72.5 Å². The number of methoxy groups -OCH3 is 2. The molecule has 34 heavy (non-hydrogen) atoms. The molecule has 0 unspecified atom stereocenters. The molecule has 7 heteroatoms. The van der Waals surface area contributed by atoms with Crippen LogP contribution in [0.1, 0.15) is 38.0 Å². The van der Waals surface area contributed by atoms with Gasteiger partial charge in [0.1, 0.15) is 10.8 Å². The number of nitrogens with zero attached hydrogens (tertiary/aromatic N) is 1. The number of carbonyl (C=O) groups is 1. The Balaban J connectivity index is 1.81. The lowest BCUT2D eigenvalue weighted by molar-refractivity contribution is 0.102. The minimum absolute atomic E-state index is 0.146. The Kier molecular flexibility index (Phi) is 7.13. The van der Waals surface area contributed by atoms with E-state index in [0.717, 1.165) is 32.4 Å². The molecule has 0 spiro atoms. The van der Waals surface area contributed by atoms with Crippen molar-refractivity contribution < 1.29 is 14.3 Å². The number of carbonyl (C=O) groups excluding carboxylic acids is 1. The van der Waals surface area contributed by atoms with E-state index in [1.54, 1.807) is 43.9 Å². The van der Waals surface area contributed by atoms with Crippen LogP contribution in [0.5, 0.6) is 11.5 Å². The Labute approximate surface area is 203 Å². The highest BCUT2D eigenvalue weighted by Crippen LogP contribution is 2.42. The first-order valence-electron chi connectivity index (χ1n) is 10.9. The highest BCUT2D eigenvalue weighted by atomic mass is 32.1. The number of thiophene rings is 1. The number of aryl methyl sites for hydroxylation is 1. The number of pyridine rings is 1. The van der Waals surface area contributed by atoms with Gasteiger partial charge in [-0.3, -0.25) is 4.79 Å². The third kappa shape index (κ3) is 4.89. The third-order valence-corrected chi connectivity index (χ3v) is 6.82. The molecule has 4 aromatic rings. The molecule has 0 fully saturated rings. The molecule has 0 saturated heterocycles. The molecule has 0 saturated carbocycles. The quantitative estimate of drug-likeness (QED) is 0.317. The minimum atomic E-state index is -0.286. The molecular formula is C27H27N3O3S. The Morgan fingerprint density at radius 1 is 0.941 bits per heavy atom. The predicted molar refractivity (Wildman–Crippen MR) is 137 cm³/mol. The molecule has 6 nitrogen and oxygen atoms in total. The summed E-state index contributed by atoms with van der Waals surface area (Å²) in [6.07, 6.45) is 1.75. The maximum atomic E-state index is 13.0. The van der Waals surface area contributed by atoms with Crippen LogP contribution in [0.2, 0.25) is 0 Å². The van der Waals surface area contributed by atoms with E-state index in [1.165, 1.54) is 0 Å². The largest absolute Gasteiger partial charge is 0.493 e. The molecule has 2 heterocycles. The monoisotopic (exact) mass is 473 g/mol. The highest BCUT2D eigenvalue weighted by molar-refractivity contribution is 7.16. The molecule has 0 bridgehead atoms. The molecule has 2 N–H and O–H groups in total. The molecule has 2 aromatic carbocycles. The first-order valence-corrected chi connectivity index (χ1v) is 11.7. The SMILES string of the molecule is COc1ccc([C@H](Nc2ccccn2)c2c(NC(=O)c3ccccc3)sc(C)c2C)cc1OC. The van der Waals surface area contributed by atoms with Crippen molar-refractivity contribution in [1.82, 2.24) is 4.98 Å². The molecule has 0 aliphatic carbocycles. The average Bonchev–Trinajstić information content (AvgIpc) is 3.15. The zero-order chi connectivity index (χ0) is 24.1. The summed E-state index contributed by atoms with van der Waals surface area (Å²) in [4.78, 5) is 18.6. The van der Waals surface area contributed by atoms with Gasteiger partial charge >= 0.3 is 0 Å². The van der Waals surface area contributed by atoms with Crippen molar-refractivity contribution in [1.29, 1.82) is 0 Å². The van der Waals surface area contributed by atoms with Crippen molar-refractivity contribution in [2.75, 3.05) is 24.9 Å².